The minimum Gasteiger partial charge on any atom is -0.487 e. The predicted molar refractivity (Wildman–Crippen MR) is 115 cm³/mol. The van der Waals surface area contributed by atoms with Crippen LogP contribution in [0.25, 0.3) is 0 Å². The molecule has 0 atom stereocenters. The number of aromatic nitrogens is 1. The molecular weight excluding hydrogens is 456 g/mol. The summed E-state index contributed by atoms with van der Waals surface area (Å²) in [6, 6.07) is 12.1. The molecular formula is C21H19BrN2O4S. The third kappa shape index (κ3) is 6.13. The van der Waals surface area contributed by atoms with E-state index in [0.29, 0.717) is 23.6 Å². The maximum Gasteiger partial charge on any atom is 0.338 e. The maximum absolute atomic E-state index is 12.3. The molecule has 0 unspecified atom stereocenters. The molecule has 0 aliphatic carbocycles. The summed E-state index contributed by atoms with van der Waals surface area (Å²) in [7, 11) is 0. The van der Waals surface area contributed by atoms with Gasteiger partial charge in [-0.25, -0.2) is 9.78 Å². The quantitative estimate of drug-likeness (QED) is 0.492. The number of hydrogen-bond donors (Lipinski definition) is 1. The molecule has 150 valence electrons. The first-order chi connectivity index (χ1) is 13.9. The SMILES string of the molecule is Cc1nc(COc2cccc(C(=O)OCC(=O)Nc3ccc(Br)cc3C)c2)cs1. The predicted octanol–water partition coefficient (Wildman–Crippen LogP) is 4.90. The van der Waals surface area contributed by atoms with Gasteiger partial charge < -0.3 is 14.8 Å². The van der Waals surface area contributed by atoms with Crippen LogP contribution >= 0.6 is 27.3 Å². The fraction of sp³-hybridized carbons (Fsp3) is 0.190. The summed E-state index contributed by atoms with van der Waals surface area (Å²) in [5.74, 6) is -0.474. The van der Waals surface area contributed by atoms with Crippen LogP contribution in [-0.2, 0) is 16.1 Å². The summed E-state index contributed by atoms with van der Waals surface area (Å²) < 4.78 is 11.7. The van der Waals surface area contributed by atoms with Crippen LogP contribution in [-0.4, -0.2) is 23.5 Å². The molecule has 0 saturated carbocycles. The van der Waals surface area contributed by atoms with Crippen LogP contribution in [0.5, 0.6) is 5.75 Å². The second-order valence-corrected chi connectivity index (χ2v) is 8.24. The van der Waals surface area contributed by atoms with Crippen molar-refractivity contribution in [2.24, 2.45) is 0 Å². The van der Waals surface area contributed by atoms with E-state index in [2.05, 4.69) is 26.2 Å². The second-order valence-electron chi connectivity index (χ2n) is 6.26. The Balaban J connectivity index is 1.52. The van der Waals surface area contributed by atoms with E-state index in [1.54, 1.807) is 41.7 Å². The number of anilines is 1. The highest BCUT2D eigenvalue weighted by Gasteiger charge is 2.12. The highest BCUT2D eigenvalue weighted by molar-refractivity contribution is 9.10. The third-order valence-corrected chi connectivity index (χ3v) is 5.24. The Morgan fingerprint density at radius 2 is 2.00 bits per heavy atom. The standard InChI is InChI=1S/C21H19BrN2O4S/c1-13-8-16(22)6-7-19(13)24-20(25)11-28-21(26)15-4-3-5-18(9-15)27-10-17-12-29-14(2)23-17/h3-9,12H,10-11H2,1-2H3,(H,24,25). The number of esters is 1. The maximum atomic E-state index is 12.3. The number of aryl methyl sites for hydroxylation is 2. The fourth-order valence-electron chi connectivity index (χ4n) is 2.51. The van der Waals surface area contributed by atoms with Crippen molar-refractivity contribution in [2.75, 3.05) is 11.9 Å². The smallest absolute Gasteiger partial charge is 0.338 e. The fourth-order valence-corrected chi connectivity index (χ4v) is 3.59. The third-order valence-electron chi connectivity index (χ3n) is 3.92. The molecule has 0 saturated heterocycles. The van der Waals surface area contributed by atoms with E-state index < -0.39 is 11.9 Å². The van der Waals surface area contributed by atoms with Gasteiger partial charge in [-0.15, -0.1) is 11.3 Å². The van der Waals surface area contributed by atoms with Gasteiger partial charge in [-0.1, -0.05) is 22.0 Å². The lowest BCUT2D eigenvalue weighted by molar-refractivity contribution is -0.119. The van der Waals surface area contributed by atoms with Gasteiger partial charge in [-0.05, 0) is 55.8 Å². The topological polar surface area (TPSA) is 77.5 Å². The minimum atomic E-state index is -0.595. The van der Waals surface area contributed by atoms with Crippen molar-refractivity contribution in [1.29, 1.82) is 0 Å². The lowest BCUT2D eigenvalue weighted by Gasteiger charge is -2.10. The summed E-state index contributed by atoms with van der Waals surface area (Å²) in [6.07, 6.45) is 0. The molecule has 3 aromatic rings. The van der Waals surface area contributed by atoms with E-state index in [1.807, 2.05) is 31.4 Å². The average Bonchev–Trinajstić information content (AvgIpc) is 3.12. The Bertz CT molecular complexity index is 1040. The Morgan fingerprint density at radius 1 is 1.17 bits per heavy atom. The van der Waals surface area contributed by atoms with Gasteiger partial charge in [0.25, 0.3) is 5.91 Å². The highest BCUT2D eigenvalue weighted by atomic mass is 79.9. The number of benzene rings is 2. The molecule has 29 heavy (non-hydrogen) atoms. The molecule has 0 aliphatic heterocycles. The van der Waals surface area contributed by atoms with Crippen molar-refractivity contribution < 1.29 is 19.1 Å². The first kappa shape index (κ1) is 21.0. The van der Waals surface area contributed by atoms with E-state index >= 15 is 0 Å². The Labute approximate surface area is 181 Å². The lowest BCUT2D eigenvalue weighted by atomic mass is 10.2. The van der Waals surface area contributed by atoms with E-state index in [-0.39, 0.29) is 6.61 Å². The number of nitrogens with zero attached hydrogens (tertiary/aromatic N) is 1. The zero-order valence-corrected chi connectivity index (χ0v) is 18.3. The first-order valence-electron chi connectivity index (χ1n) is 8.78. The van der Waals surface area contributed by atoms with E-state index in [9.17, 15) is 9.59 Å². The number of thiazole rings is 1. The largest absolute Gasteiger partial charge is 0.487 e. The summed E-state index contributed by atoms with van der Waals surface area (Å²) in [4.78, 5) is 28.7. The molecule has 1 aromatic heterocycles. The average molecular weight is 475 g/mol. The molecule has 8 heteroatoms. The van der Waals surface area contributed by atoms with Crippen molar-refractivity contribution in [3.8, 4) is 5.75 Å². The van der Waals surface area contributed by atoms with Crippen LogP contribution in [0.15, 0.2) is 52.3 Å². The molecule has 1 heterocycles. The van der Waals surface area contributed by atoms with Gasteiger partial charge in [-0.2, -0.15) is 0 Å². The van der Waals surface area contributed by atoms with Gasteiger partial charge in [0.1, 0.15) is 12.4 Å². The van der Waals surface area contributed by atoms with Crippen LogP contribution in [0.4, 0.5) is 5.69 Å². The number of amides is 1. The highest BCUT2D eigenvalue weighted by Crippen LogP contribution is 2.20. The van der Waals surface area contributed by atoms with Gasteiger partial charge in [0.15, 0.2) is 6.61 Å². The van der Waals surface area contributed by atoms with Crippen molar-refractivity contribution in [3.63, 3.8) is 0 Å². The molecule has 6 nitrogen and oxygen atoms in total. The van der Waals surface area contributed by atoms with Crippen molar-refractivity contribution in [2.45, 2.75) is 20.5 Å². The second kappa shape index (κ2) is 9.67. The molecule has 2 aromatic carbocycles. The number of ether oxygens (including phenoxy) is 2. The van der Waals surface area contributed by atoms with Gasteiger partial charge in [0, 0.05) is 15.5 Å². The van der Waals surface area contributed by atoms with E-state index in [4.69, 9.17) is 9.47 Å². The molecule has 0 spiro atoms. The van der Waals surface area contributed by atoms with E-state index in [0.717, 1.165) is 20.7 Å². The number of hydrogen-bond acceptors (Lipinski definition) is 6. The lowest BCUT2D eigenvalue weighted by Crippen LogP contribution is -2.21. The number of halogens is 1. The van der Waals surface area contributed by atoms with Gasteiger partial charge >= 0.3 is 5.97 Å². The molecule has 1 N–H and O–H groups in total. The van der Waals surface area contributed by atoms with E-state index in [1.165, 1.54) is 0 Å². The summed E-state index contributed by atoms with van der Waals surface area (Å²) in [5, 5.41) is 5.63. The number of carbonyl (C=O) groups excluding carboxylic acids is 2. The Hall–Kier alpha value is -2.71. The van der Waals surface area contributed by atoms with Crippen LogP contribution in [0.3, 0.4) is 0 Å². The summed E-state index contributed by atoms with van der Waals surface area (Å²) in [5.41, 5.74) is 2.71. The Kier molecular flexibility index (Phi) is 7.00. The summed E-state index contributed by atoms with van der Waals surface area (Å²) in [6.45, 7) is 3.75. The molecule has 3 rings (SSSR count). The van der Waals surface area contributed by atoms with Crippen LogP contribution in [0.1, 0.15) is 26.6 Å². The van der Waals surface area contributed by atoms with Crippen molar-refractivity contribution in [3.05, 3.63) is 74.1 Å². The van der Waals surface area contributed by atoms with Crippen molar-refractivity contribution >= 4 is 44.8 Å². The van der Waals surface area contributed by atoms with Crippen molar-refractivity contribution in [1.82, 2.24) is 4.98 Å². The molecule has 0 fully saturated rings. The van der Waals surface area contributed by atoms with Crippen LogP contribution < -0.4 is 10.1 Å². The van der Waals surface area contributed by atoms with Gasteiger partial charge in [0.05, 0.1) is 16.3 Å². The zero-order chi connectivity index (χ0) is 20.8. The Morgan fingerprint density at radius 3 is 2.72 bits per heavy atom. The molecule has 0 bridgehead atoms. The minimum absolute atomic E-state index is 0.310. The van der Waals surface area contributed by atoms with Crippen LogP contribution in [0.2, 0.25) is 0 Å². The van der Waals surface area contributed by atoms with Gasteiger partial charge in [0.2, 0.25) is 0 Å². The normalized spacial score (nSPS) is 10.4. The monoisotopic (exact) mass is 474 g/mol. The van der Waals surface area contributed by atoms with Gasteiger partial charge in [-0.3, -0.25) is 4.79 Å². The van der Waals surface area contributed by atoms with Crippen LogP contribution in [0, 0.1) is 13.8 Å². The molecule has 0 aliphatic rings. The number of nitrogens with one attached hydrogen (secondary N) is 1. The molecule has 0 radical (unpaired) electrons. The number of rotatable bonds is 7. The zero-order valence-electron chi connectivity index (χ0n) is 15.9. The number of carbonyl (C=O) groups is 2. The first-order valence-corrected chi connectivity index (χ1v) is 10.4. The summed E-state index contributed by atoms with van der Waals surface area (Å²) >= 11 is 4.93. The molecule has 1 amide bonds.